The van der Waals surface area contributed by atoms with Crippen LogP contribution in [0, 0.1) is 0 Å². The summed E-state index contributed by atoms with van der Waals surface area (Å²) in [5, 5.41) is 2.66. The number of ether oxygens (including phenoxy) is 2. The van der Waals surface area contributed by atoms with E-state index in [1.165, 1.54) is 13.0 Å². The third-order valence-corrected chi connectivity index (χ3v) is 4.08. The zero-order valence-corrected chi connectivity index (χ0v) is 16.7. The first-order chi connectivity index (χ1) is 12.9. The lowest BCUT2D eigenvalue weighted by molar-refractivity contribution is -0.114. The van der Waals surface area contributed by atoms with Crippen LogP contribution >= 0.6 is 15.9 Å². The smallest absolute Gasteiger partial charge is 0.221 e. The molecule has 6 heteroatoms. The molecule has 27 heavy (non-hydrogen) atoms. The summed E-state index contributed by atoms with van der Waals surface area (Å²) in [6.07, 6.45) is 4.81. The fourth-order valence-electron chi connectivity index (χ4n) is 2.34. The van der Waals surface area contributed by atoms with E-state index in [-0.39, 0.29) is 11.7 Å². The summed E-state index contributed by atoms with van der Waals surface area (Å²) in [7, 11) is 1.55. The van der Waals surface area contributed by atoms with Crippen LogP contribution in [0.1, 0.15) is 22.8 Å². The number of amides is 1. The van der Waals surface area contributed by atoms with E-state index in [9.17, 15) is 9.59 Å². The monoisotopic (exact) mass is 429 g/mol. The van der Waals surface area contributed by atoms with E-state index in [4.69, 9.17) is 9.47 Å². The highest BCUT2D eigenvalue weighted by molar-refractivity contribution is 9.10. The van der Waals surface area contributed by atoms with Crippen molar-refractivity contribution in [3.8, 4) is 11.5 Å². The molecule has 140 valence electrons. The van der Waals surface area contributed by atoms with Crippen LogP contribution in [0.3, 0.4) is 0 Å². The Morgan fingerprint density at radius 2 is 2.04 bits per heavy atom. The zero-order chi connectivity index (χ0) is 19.8. The number of allylic oxidation sites excluding steroid dienone is 1. The average Bonchev–Trinajstić information content (AvgIpc) is 2.64. The van der Waals surface area contributed by atoms with Crippen LogP contribution in [-0.2, 0) is 4.79 Å². The minimum Gasteiger partial charge on any atom is -0.493 e. The molecule has 2 aromatic rings. The van der Waals surface area contributed by atoms with Gasteiger partial charge in [0, 0.05) is 18.2 Å². The lowest BCUT2D eigenvalue weighted by Crippen LogP contribution is -2.06. The Bertz CT molecular complexity index is 890. The fourth-order valence-corrected chi connectivity index (χ4v) is 2.91. The Labute approximate surface area is 166 Å². The number of benzene rings is 2. The van der Waals surface area contributed by atoms with Gasteiger partial charge in [0.15, 0.2) is 17.3 Å². The summed E-state index contributed by atoms with van der Waals surface area (Å²) >= 11 is 3.46. The Kier molecular flexibility index (Phi) is 7.37. The van der Waals surface area contributed by atoms with E-state index in [1.54, 1.807) is 49.6 Å². The minimum absolute atomic E-state index is 0.177. The van der Waals surface area contributed by atoms with Gasteiger partial charge in [-0.1, -0.05) is 30.9 Å². The lowest BCUT2D eigenvalue weighted by atomic mass is 10.1. The standard InChI is InChI=1S/C21H20BrNO4/c1-4-10-27-21-18(22)11-15(12-20(21)26-3)8-9-19(25)16-6-5-7-17(13-16)23-14(2)24/h4-9,11-13H,1,10H2,2-3H3,(H,23,24)/b9-8+. The molecule has 2 rings (SSSR count). The van der Waals surface area contributed by atoms with E-state index in [2.05, 4.69) is 27.8 Å². The van der Waals surface area contributed by atoms with Gasteiger partial charge < -0.3 is 14.8 Å². The molecule has 0 atom stereocenters. The molecule has 0 aliphatic carbocycles. The van der Waals surface area contributed by atoms with Gasteiger partial charge in [-0.25, -0.2) is 0 Å². The molecule has 0 unspecified atom stereocenters. The van der Waals surface area contributed by atoms with Gasteiger partial charge in [-0.05, 0) is 51.8 Å². The number of halogens is 1. The molecule has 0 bridgehead atoms. The van der Waals surface area contributed by atoms with E-state index < -0.39 is 0 Å². The van der Waals surface area contributed by atoms with Crippen molar-refractivity contribution >= 4 is 39.4 Å². The number of methoxy groups -OCH3 is 1. The number of anilines is 1. The summed E-state index contributed by atoms with van der Waals surface area (Å²) in [5.41, 5.74) is 1.83. The highest BCUT2D eigenvalue weighted by Crippen LogP contribution is 2.37. The molecule has 0 aliphatic rings. The topological polar surface area (TPSA) is 64.6 Å². The number of carbonyl (C=O) groups is 2. The second-order valence-corrected chi connectivity index (χ2v) is 6.45. The zero-order valence-electron chi connectivity index (χ0n) is 15.1. The molecule has 0 aliphatic heterocycles. The van der Waals surface area contributed by atoms with Gasteiger partial charge in [0.25, 0.3) is 0 Å². The molecule has 0 aromatic heterocycles. The average molecular weight is 430 g/mol. The maximum Gasteiger partial charge on any atom is 0.221 e. The van der Waals surface area contributed by atoms with Crippen LogP contribution in [-0.4, -0.2) is 25.4 Å². The maximum atomic E-state index is 12.4. The van der Waals surface area contributed by atoms with Crippen LogP contribution in [0.25, 0.3) is 6.08 Å². The minimum atomic E-state index is -0.189. The van der Waals surface area contributed by atoms with Gasteiger partial charge in [0.2, 0.25) is 5.91 Å². The van der Waals surface area contributed by atoms with E-state index >= 15 is 0 Å². The first kappa shape index (κ1) is 20.5. The normalized spacial score (nSPS) is 10.5. The predicted molar refractivity (Wildman–Crippen MR) is 110 cm³/mol. The van der Waals surface area contributed by atoms with Crippen molar-refractivity contribution < 1.29 is 19.1 Å². The van der Waals surface area contributed by atoms with E-state index in [0.29, 0.717) is 33.8 Å². The van der Waals surface area contributed by atoms with Crippen molar-refractivity contribution in [3.05, 3.63) is 70.7 Å². The molecule has 0 saturated heterocycles. The molecule has 0 fully saturated rings. The predicted octanol–water partition coefficient (Wildman–Crippen LogP) is 4.88. The van der Waals surface area contributed by atoms with Gasteiger partial charge in [0.1, 0.15) is 6.61 Å². The van der Waals surface area contributed by atoms with Gasteiger partial charge in [0.05, 0.1) is 11.6 Å². The van der Waals surface area contributed by atoms with Crippen LogP contribution in [0.4, 0.5) is 5.69 Å². The first-order valence-electron chi connectivity index (χ1n) is 8.16. The molecular weight excluding hydrogens is 410 g/mol. The van der Waals surface area contributed by atoms with Gasteiger partial charge in [-0.2, -0.15) is 0 Å². The third-order valence-electron chi connectivity index (χ3n) is 3.49. The SMILES string of the molecule is C=CCOc1c(Br)cc(/C=C/C(=O)c2cccc(NC(C)=O)c2)cc1OC. The van der Waals surface area contributed by atoms with Crippen molar-refractivity contribution in [2.24, 2.45) is 0 Å². The summed E-state index contributed by atoms with van der Waals surface area (Å²) < 4.78 is 11.7. The van der Waals surface area contributed by atoms with Gasteiger partial charge in [-0.3, -0.25) is 9.59 Å². The Balaban J connectivity index is 2.22. The molecule has 0 radical (unpaired) electrons. The third kappa shape index (κ3) is 5.82. The Morgan fingerprint density at radius 1 is 1.26 bits per heavy atom. The van der Waals surface area contributed by atoms with Gasteiger partial charge in [-0.15, -0.1) is 0 Å². The van der Waals surface area contributed by atoms with Crippen molar-refractivity contribution in [3.63, 3.8) is 0 Å². The fraction of sp³-hybridized carbons (Fsp3) is 0.143. The molecule has 0 heterocycles. The van der Waals surface area contributed by atoms with E-state index in [0.717, 1.165) is 5.56 Å². The number of rotatable bonds is 8. The molecule has 0 spiro atoms. The highest BCUT2D eigenvalue weighted by atomic mass is 79.9. The first-order valence-corrected chi connectivity index (χ1v) is 8.95. The number of nitrogens with one attached hydrogen (secondary N) is 1. The highest BCUT2D eigenvalue weighted by Gasteiger charge is 2.11. The second-order valence-electron chi connectivity index (χ2n) is 5.59. The van der Waals surface area contributed by atoms with E-state index in [1.807, 2.05) is 6.07 Å². The van der Waals surface area contributed by atoms with Crippen LogP contribution in [0.5, 0.6) is 11.5 Å². The summed E-state index contributed by atoms with van der Waals surface area (Å²) in [6.45, 7) is 5.40. The number of ketones is 1. The molecule has 1 amide bonds. The molecule has 1 N–H and O–H groups in total. The second kappa shape index (κ2) is 9.73. The quantitative estimate of drug-likeness (QED) is 0.369. The number of hydrogen-bond acceptors (Lipinski definition) is 4. The van der Waals surface area contributed by atoms with Crippen LogP contribution < -0.4 is 14.8 Å². The van der Waals surface area contributed by atoms with Crippen molar-refractivity contribution in [1.82, 2.24) is 0 Å². The van der Waals surface area contributed by atoms with Crippen molar-refractivity contribution in [2.45, 2.75) is 6.92 Å². The maximum absolute atomic E-state index is 12.4. The molecule has 5 nitrogen and oxygen atoms in total. The number of hydrogen-bond donors (Lipinski definition) is 1. The van der Waals surface area contributed by atoms with Crippen LogP contribution in [0.2, 0.25) is 0 Å². The molecule has 2 aromatic carbocycles. The summed E-state index contributed by atoms with van der Waals surface area (Å²) in [5.74, 6) is 0.755. The lowest BCUT2D eigenvalue weighted by Gasteiger charge is -2.12. The molecular formula is C21H20BrNO4. The van der Waals surface area contributed by atoms with Crippen molar-refractivity contribution in [1.29, 1.82) is 0 Å². The van der Waals surface area contributed by atoms with Crippen LogP contribution in [0.15, 0.2) is 59.6 Å². The van der Waals surface area contributed by atoms with Gasteiger partial charge >= 0.3 is 0 Å². The Hall–Kier alpha value is -2.86. The van der Waals surface area contributed by atoms with Crippen molar-refractivity contribution in [2.75, 3.05) is 19.0 Å². The largest absolute Gasteiger partial charge is 0.493 e. The Morgan fingerprint density at radius 3 is 2.70 bits per heavy atom. The summed E-state index contributed by atoms with van der Waals surface area (Å²) in [4.78, 5) is 23.6. The summed E-state index contributed by atoms with van der Waals surface area (Å²) in [6, 6.07) is 10.4. The number of carbonyl (C=O) groups excluding carboxylic acids is 2. The molecule has 0 saturated carbocycles.